The molecule has 1 saturated carbocycles. The van der Waals surface area contributed by atoms with Gasteiger partial charge in [0.05, 0.1) is 5.69 Å². The van der Waals surface area contributed by atoms with Gasteiger partial charge in [0.1, 0.15) is 0 Å². The zero-order chi connectivity index (χ0) is 13.1. The van der Waals surface area contributed by atoms with Crippen LogP contribution in [0.2, 0.25) is 0 Å². The Morgan fingerprint density at radius 1 is 1.39 bits per heavy atom. The number of nitrogens with zero attached hydrogens (tertiary/aromatic N) is 2. The Bertz CT molecular complexity index is 381. The number of hydrogen-bond acceptors (Lipinski definition) is 2. The second kappa shape index (κ2) is 5.77. The lowest BCUT2D eigenvalue weighted by Gasteiger charge is -2.31. The van der Waals surface area contributed by atoms with Crippen LogP contribution in [0, 0.1) is 18.8 Å². The molecular formula is C15H27N3. The first-order valence-electron chi connectivity index (χ1n) is 7.37. The molecule has 2 rings (SSSR count). The van der Waals surface area contributed by atoms with Crippen LogP contribution in [-0.4, -0.2) is 16.1 Å². The molecule has 18 heavy (non-hydrogen) atoms. The maximum absolute atomic E-state index is 4.64. The van der Waals surface area contributed by atoms with E-state index in [-0.39, 0.29) is 0 Å². The van der Waals surface area contributed by atoms with E-state index in [4.69, 9.17) is 0 Å². The van der Waals surface area contributed by atoms with Gasteiger partial charge in [-0.1, -0.05) is 33.6 Å². The summed E-state index contributed by atoms with van der Waals surface area (Å²) in [5, 5.41) is 3.50. The van der Waals surface area contributed by atoms with E-state index in [1.165, 1.54) is 25.7 Å². The number of aromatic nitrogens is 2. The average molecular weight is 249 g/mol. The Morgan fingerprint density at radius 2 is 2.11 bits per heavy atom. The molecule has 102 valence electrons. The summed E-state index contributed by atoms with van der Waals surface area (Å²) in [6.45, 7) is 9.93. The molecule has 1 aliphatic carbocycles. The summed E-state index contributed by atoms with van der Waals surface area (Å²) in [7, 11) is 0. The van der Waals surface area contributed by atoms with Gasteiger partial charge in [0.25, 0.3) is 0 Å². The fraction of sp³-hybridized carbons (Fsp3) is 0.800. The fourth-order valence-electron chi connectivity index (χ4n) is 2.91. The van der Waals surface area contributed by atoms with Gasteiger partial charge >= 0.3 is 0 Å². The fourth-order valence-corrected chi connectivity index (χ4v) is 2.91. The summed E-state index contributed by atoms with van der Waals surface area (Å²) >= 11 is 0. The lowest BCUT2D eigenvalue weighted by Crippen LogP contribution is -2.23. The molecule has 0 aliphatic heterocycles. The summed E-state index contributed by atoms with van der Waals surface area (Å²) in [6, 6.07) is 0.634. The summed E-state index contributed by atoms with van der Waals surface area (Å²) in [6.07, 6.45) is 7.62. The molecule has 0 amide bonds. The Kier molecular flexibility index (Phi) is 4.31. The van der Waals surface area contributed by atoms with Crippen LogP contribution in [0.3, 0.4) is 0 Å². The molecule has 1 N–H and O–H groups in total. The van der Waals surface area contributed by atoms with Gasteiger partial charge in [-0.3, -0.25) is 0 Å². The number of hydrogen-bond donors (Lipinski definition) is 1. The molecule has 1 aliphatic rings. The average Bonchev–Trinajstić information content (AvgIpc) is 2.68. The standard InChI is InChI=1S/C15H27N3/c1-11(2)9-16-15-17-13(4)10-18(15)14-8-6-5-7-12(14)3/h10-12,14H,5-9H2,1-4H3,(H,16,17). The second-order valence-corrected chi connectivity index (χ2v) is 6.22. The lowest BCUT2D eigenvalue weighted by molar-refractivity contribution is 0.259. The number of nitrogens with one attached hydrogen (secondary N) is 1. The smallest absolute Gasteiger partial charge is 0.203 e. The van der Waals surface area contributed by atoms with Crippen LogP contribution in [0.15, 0.2) is 6.20 Å². The SMILES string of the molecule is Cc1cn(C2CCCCC2C)c(NCC(C)C)n1. The highest BCUT2D eigenvalue weighted by atomic mass is 15.2. The molecule has 0 aromatic carbocycles. The van der Waals surface area contributed by atoms with Crippen molar-refractivity contribution in [1.82, 2.24) is 9.55 Å². The van der Waals surface area contributed by atoms with Crippen LogP contribution in [0.1, 0.15) is 58.2 Å². The quantitative estimate of drug-likeness (QED) is 0.873. The molecule has 0 saturated heterocycles. The molecule has 0 spiro atoms. The van der Waals surface area contributed by atoms with Crippen LogP contribution >= 0.6 is 0 Å². The molecule has 2 unspecified atom stereocenters. The Balaban J connectivity index is 2.15. The molecule has 1 heterocycles. The van der Waals surface area contributed by atoms with Crippen LogP contribution < -0.4 is 5.32 Å². The van der Waals surface area contributed by atoms with Crippen molar-refractivity contribution >= 4 is 5.95 Å². The zero-order valence-corrected chi connectivity index (χ0v) is 12.2. The predicted octanol–water partition coefficient (Wildman–Crippen LogP) is 4.01. The van der Waals surface area contributed by atoms with Gasteiger partial charge in [-0.2, -0.15) is 0 Å². The van der Waals surface area contributed by atoms with Crippen LogP contribution in [0.4, 0.5) is 5.95 Å². The van der Waals surface area contributed by atoms with E-state index in [1.807, 2.05) is 0 Å². The third kappa shape index (κ3) is 3.06. The monoisotopic (exact) mass is 249 g/mol. The summed E-state index contributed by atoms with van der Waals surface area (Å²) < 4.78 is 2.39. The van der Waals surface area contributed by atoms with Gasteiger partial charge in [-0.25, -0.2) is 4.98 Å². The van der Waals surface area contributed by atoms with Crippen molar-refractivity contribution in [1.29, 1.82) is 0 Å². The maximum Gasteiger partial charge on any atom is 0.203 e. The second-order valence-electron chi connectivity index (χ2n) is 6.22. The van der Waals surface area contributed by atoms with Gasteiger partial charge in [0, 0.05) is 18.8 Å². The Morgan fingerprint density at radius 3 is 2.78 bits per heavy atom. The minimum absolute atomic E-state index is 0.634. The van der Waals surface area contributed by atoms with Crippen LogP contribution in [-0.2, 0) is 0 Å². The molecule has 3 nitrogen and oxygen atoms in total. The van der Waals surface area contributed by atoms with Crippen LogP contribution in [0.25, 0.3) is 0 Å². The van der Waals surface area contributed by atoms with Gasteiger partial charge in [0.2, 0.25) is 5.95 Å². The first-order chi connectivity index (χ1) is 8.58. The molecule has 2 atom stereocenters. The highest BCUT2D eigenvalue weighted by Gasteiger charge is 2.25. The van der Waals surface area contributed by atoms with E-state index >= 15 is 0 Å². The van der Waals surface area contributed by atoms with Gasteiger partial charge in [-0.15, -0.1) is 0 Å². The van der Waals surface area contributed by atoms with E-state index in [0.717, 1.165) is 24.1 Å². The maximum atomic E-state index is 4.64. The number of rotatable bonds is 4. The Labute approximate surface area is 111 Å². The predicted molar refractivity (Wildman–Crippen MR) is 77.0 cm³/mol. The van der Waals surface area contributed by atoms with Crippen molar-refractivity contribution in [2.75, 3.05) is 11.9 Å². The summed E-state index contributed by atoms with van der Waals surface area (Å²) in [5.74, 6) is 2.49. The van der Waals surface area contributed by atoms with E-state index in [1.54, 1.807) is 0 Å². The topological polar surface area (TPSA) is 29.9 Å². The minimum Gasteiger partial charge on any atom is -0.355 e. The molecule has 3 heteroatoms. The largest absolute Gasteiger partial charge is 0.355 e. The highest BCUT2D eigenvalue weighted by Crippen LogP contribution is 2.35. The van der Waals surface area contributed by atoms with Crippen molar-refractivity contribution in [3.63, 3.8) is 0 Å². The van der Waals surface area contributed by atoms with Crippen molar-refractivity contribution in [2.24, 2.45) is 11.8 Å². The number of aryl methyl sites for hydroxylation is 1. The van der Waals surface area contributed by atoms with Gasteiger partial charge < -0.3 is 9.88 Å². The third-order valence-corrected chi connectivity index (χ3v) is 3.94. The highest BCUT2D eigenvalue weighted by molar-refractivity contribution is 5.30. The minimum atomic E-state index is 0.634. The third-order valence-electron chi connectivity index (χ3n) is 3.94. The van der Waals surface area contributed by atoms with Crippen molar-refractivity contribution < 1.29 is 0 Å². The molecule has 0 bridgehead atoms. The van der Waals surface area contributed by atoms with Crippen molar-refractivity contribution in [3.05, 3.63) is 11.9 Å². The normalized spacial score (nSPS) is 24.5. The van der Waals surface area contributed by atoms with Crippen molar-refractivity contribution in [3.8, 4) is 0 Å². The number of imidazole rings is 1. The van der Waals surface area contributed by atoms with Gasteiger partial charge in [0.15, 0.2) is 0 Å². The molecule has 1 aromatic heterocycles. The van der Waals surface area contributed by atoms with Crippen molar-refractivity contribution in [2.45, 2.75) is 59.4 Å². The summed E-state index contributed by atoms with van der Waals surface area (Å²) in [4.78, 5) is 4.64. The molecular weight excluding hydrogens is 222 g/mol. The first-order valence-corrected chi connectivity index (χ1v) is 7.37. The molecule has 1 aromatic rings. The van der Waals surface area contributed by atoms with E-state index < -0.39 is 0 Å². The lowest BCUT2D eigenvalue weighted by atomic mass is 9.86. The van der Waals surface area contributed by atoms with Gasteiger partial charge in [-0.05, 0) is 31.6 Å². The summed E-state index contributed by atoms with van der Waals surface area (Å²) in [5.41, 5.74) is 1.12. The first kappa shape index (κ1) is 13.4. The zero-order valence-electron chi connectivity index (χ0n) is 12.2. The Hall–Kier alpha value is -0.990. The van der Waals surface area contributed by atoms with Crippen LogP contribution in [0.5, 0.6) is 0 Å². The molecule has 0 radical (unpaired) electrons. The van der Waals surface area contributed by atoms with E-state index in [0.29, 0.717) is 12.0 Å². The van der Waals surface area contributed by atoms with E-state index in [9.17, 15) is 0 Å². The molecule has 1 fully saturated rings. The number of anilines is 1. The van der Waals surface area contributed by atoms with E-state index in [2.05, 4.69) is 48.8 Å².